The lowest BCUT2D eigenvalue weighted by Crippen LogP contribution is -2.38. The summed E-state index contributed by atoms with van der Waals surface area (Å²) < 4.78 is 0. The third-order valence-corrected chi connectivity index (χ3v) is 2.62. The zero-order chi connectivity index (χ0) is 14.8. The maximum Gasteiger partial charge on any atom is 0.170 e. The van der Waals surface area contributed by atoms with Crippen LogP contribution in [0.25, 0.3) is 0 Å². The Morgan fingerprint density at radius 3 is 3.15 bits per heavy atom. The van der Waals surface area contributed by atoms with Gasteiger partial charge in [0.25, 0.3) is 0 Å². The fraction of sp³-hybridized carbons (Fsp3) is 0.385. The SMILES string of the molecule is C=CCN/C(Cl)=C\C=C(/C)CN1OCCN=C1C=NO. The third kappa shape index (κ3) is 5.90. The predicted molar refractivity (Wildman–Crippen MR) is 81.1 cm³/mol. The van der Waals surface area contributed by atoms with Crippen molar-refractivity contribution in [1.29, 1.82) is 0 Å². The van der Waals surface area contributed by atoms with Crippen LogP contribution < -0.4 is 5.32 Å². The van der Waals surface area contributed by atoms with Gasteiger partial charge in [-0.1, -0.05) is 34.5 Å². The maximum atomic E-state index is 8.58. The normalized spacial score (nSPS) is 17.3. The van der Waals surface area contributed by atoms with E-state index in [-0.39, 0.29) is 0 Å². The Bertz CT molecular complexity index is 444. The summed E-state index contributed by atoms with van der Waals surface area (Å²) in [6.07, 6.45) is 6.62. The Balaban J connectivity index is 2.59. The molecule has 0 fully saturated rings. The van der Waals surface area contributed by atoms with Crippen LogP contribution in [0.2, 0.25) is 0 Å². The van der Waals surface area contributed by atoms with Gasteiger partial charge < -0.3 is 10.5 Å². The first-order valence-corrected chi connectivity index (χ1v) is 6.55. The van der Waals surface area contributed by atoms with Crippen LogP contribution in [-0.2, 0) is 4.84 Å². The molecule has 2 N–H and O–H groups in total. The van der Waals surface area contributed by atoms with Crippen molar-refractivity contribution < 1.29 is 10.0 Å². The minimum absolute atomic E-state index is 0.492. The van der Waals surface area contributed by atoms with Crippen molar-refractivity contribution >= 4 is 23.7 Å². The number of halogens is 1. The molecule has 7 heteroatoms. The summed E-state index contributed by atoms with van der Waals surface area (Å²) in [4.78, 5) is 9.67. The highest BCUT2D eigenvalue weighted by Crippen LogP contribution is 2.06. The van der Waals surface area contributed by atoms with Crippen molar-refractivity contribution in [1.82, 2.24) is 10.4 Å². The van der Waals surface area contributed by atoms with E-state index in [0.717, 1.165) is 5.57 Å². The molecule has 0 aromatic rings. The number of allylic oxidation sites excluding steroid dienone is 2. The number of nitrogens with one attached hydrogen (secondary N) is 1. The number of nitrogens with zero attached hydrogens (tertiary/aromatic N) is 3. The molecule has 110 valence electrons. The second-order valence-corrected chi connectivity index (χ2v) is 4.46. The van der Waals surface area contributed by atoms with Gasteiger partial charge in [-0.3, -0.25) is 9.83 Å². The van der Waals surface area contributed by atoms with Crippen molar-refractivity contribution in [2.45, 2.75) is 6.92 Å². The molecular weight excluding hydrogens is 280 g/mol. The van der Waals surface area contributed by atoms with E-state index in [2.05, 4.69) is 22.0 Å². The topological polar surface area (TPSA) is 69.5 Å². The second-order valence-electron chi connectivity index (χ2n) is 4.05. The molecule has 0 aromatic carbocycles. The zero-order valence-corrected chi connectivity index (χ0v) is 12.2. The third-order valence-electron chi connectivity index (χ3n) is 2.36. The molecule has 0 unspecified atom stereocenters. The largest absolute Gasteiger partial charge is 0.411 e. The van der Waals surface area contributed by atoms with Gasteiger partial charge >= 0.3 is 0 Å². The van der Waals surface area contributed by atoms with Crippen LogP contribution in [0.15, 0.2) is 45.7 Å². The quantitative estimate of drug-likeness (QED) is 0.188. The molecule has 1 rings (SSSR count). The number of aliphatic imine (C=N–C) groups is 1. The van der Waals surface area contributed by atoms with E-state index in [0.29, 0.717) is 37.2 Å². The van der Waals surface area contributed by atoms with Gasteiger partial charge in [-0.2, -0.15) is 0 Å². The van der Waals surface area contributed by atoms with Crippen molar-refractivity contribution in [3.8, 4) is 0 Å². The monoisotopic (exact) mass is 298 g/mol. The predicted octanol–water partition coefficient (Wildman–Crippen LogP) is 1.89. The molecule has 0 spiro atoms. The fourth-order valence-electron chi connectivity index (χ4n) is 1.46. The fourth-order valence-corrected chi connectivity index (χ4v) is 1.60. The summed E-state index contributed by atoms with van der Waals surface area (Å²) in [5.41, 5.74) is 1.02. The van der Waals surface area contributed by atoms with E-state index >= 15 is 0 Å². The molecule has 20 heavy (non-hydrogen) atoms. The van der Waals surface area contributed by atoms with Crippen LogP contribution in [-0.4, -0.2) is 48.6 Å². The van der Waals surface area contributed by atoms with Crippen molar-refractivity contribution in [3.63, 3.8) is 0 Å². The lowest BCUT2D eigenvalue weighted by molar-refractivity contribution is -0.0950. The Morgan fingerprint density at radius 1 is 1.65 bits per heavy atom. The summed E-state index contributed by atoms with van der Waals surface area (Å²) in [7, 11) is 0. The number of hydroxylamine groups is 2. The molecule has 0 saturated carbocycles. The van der Waals surface area contributed by atoms with Gasteiger partial charge in [0.1, 0.15) is 11.4 Å². The van der Waals surface area contributed by atoms with Gasteiger partial charge in [-0.25, -0.2) is 5.06 Å². The van der Waals surface area contributed by atoms with Crippen LogP contribution in [0.5, 0.6) is 0 Å². The molecular formula is C13H19ClN4O2. The summed E-state index contributed by atoms with van der Waals surface area (Å²) in [5.74, 6) is 0.492. The lowest BCUT2D eigenvalue weighted by atomic mass is 10.2. The molecule has 1 heterocycles. The number of amidine groups is 1. The molecule has 0 saturated heterocycles. The molecule has 1 aliphatic rings. The van der Waals surface area contributed by atoms with Gasteiger partial charge in [0.2, 0.25) is 0 Å². The first kappa shape index (κ1) is 16.3. The number of oxime groups is 1. The van der Waals surface area contributed by atoms with Crippen LogP contribution in [0.4, 0.5) is 0 Å². The Labute approximate surface area is 123 Å². The van der Waals surface area contributed by atoms with Crippen molar-refractivity contribution in [3.05, 3.63) is 35.5 Å². The molecule has 6 nitrogen and oxygen atoms in total. The van der Waals surface area contributed by atoms with Crippen molar-refractivity contribution in [2.75, 3.05) is 26.2 Å². The highest BCUT2D eigenvalue weighted by atomic mass is 35.5. The molecule has 0 radical (unpaired) electrons. The maximum absolute atomic E-state index is 8.58. The van der Waals surface area contributed by atoms with Gasteiger partial charge in [0.15, 0.2) is 5.84 Å². The molecule has 0 atom stereocenters. The average Bonchev–Trinajstić information content (AvgIpc) is 2.45. The molecule has 0 aliphatic carbocycles. The minimum atomic E-state index is 0.492. The molecule has 0 bridgehead atoms. The molecule has 0 aromatic heterocycles. The zero-order valence-electron chi connectivity index (χ0n) is 11.4. The second kappa shape index (κ2) is 9.17. The first-order valence-electron chi connectivity index (χ1n) is 6.17. The lowest BCUT2D eigenvalue weighted by Gasteiger charge is -2.26. The minimum Gasteiger partial charge on any atom is -0.411 e. The smallest absolute Gasteiger partial charge is 0.170 e. The van der Waals surface area contributed by atoms with Crippen LogP contribution >= 0.6 is 11.6 Å². The van der Waals surface area contributed by atoms with E-state index in [4.69, 9.17) is 21.6 Å². The van der Waals surface area contributed by atoms with E-state index in [1.165, 1.54) is 6.21 Å². The van der Waals surface area contributed by atoms with Gasteiger partial charge in [-0.05, 0) is 13.0 Å². The molecule has 1 aliphatic heterocycles. The highest BCUT2D eigenvalue weighted by Gasteiger charge is 2.14. The average molecular weight is 299 g/mol. The summed E-state index contributed by atoms with van der Waals surface area (Å²) >= 11 is 5.96. The van der Waals surface area contributed by atoms with Gasteiger partial charge in [-0.15, -0.1) is 6.58 Å². The highest BCUT2D eigenvalue weighted by molar-refractivity contribution is 6.29. The first-order chi connectivity index (χ1) is 9.67. The van der Waals surface area contributed by atoms with Gasteiger partial charge in [0.05, 0.1) is 19.7 Å². The Kier molecular flexibility index (Phi) is 7.46. The van der Waals surface area contributed by atoms with E-state index in [1.807, 2.05) is 13.0 Å². The summed E-state index contributed by atoms with van der Waals surface area (Å²) in [5, 5.41) is 16.6. The van der Waals surface area contributed by atoms with Crippen molar-refractivity contribution in [2.24, 2.45) is 10.1 Å². The van der Waals surface area contributed by atoms with Crippen LogP contribution in [0.1, 0.15) is 6.92 Å². The number of hydrogen-bond donors (Lipinski definition) is 2. The van der Waals surface area contributed by atoms with E-state index < -0.39 is 0 Å². The summed E-state index contributed by atoms with van der Waals surface area (Å²) in [6.45, 7) is 7.72. The number of rotatable bonds is 7. The summed E-state index contributed by atoms with van der Waals surface area (Å²) in [6, 6.07) is 0. The van der Waals surface area contributed by atoms with E-state index in [1.54, 1.807) is 17.2 Å². The molecule has 0 amide bonds. The van der Waals surface area contributed by atoms with E-state index in [9.17, 15) is 0 Å². The number of hydrogen-bond acceptors (Lipinski definition) is 6. The Hall–Kier alpha value is -1.79. The van der Waals surface area contributed by atoms with Crippen LogP contribution in [0.3, 0.4) is 0 Å². The standard InChI is InChI=1S/C13H19ClN4O2/c1-3-6-15-12(14)5-4-11(2)10-18-13(9-17-19)16-7-8-20-18/h3-5,9,15,19H,1,6-8,10H2,2H3/b11-4+,12-5-,17-9?. The Morgan fingerprint density at radius 2 is 2.45 bits per heavy atom. The van der Waals surface area contributed by atoms with Crippen LogP contribution in [0, 0.1) is 0 Å². The van der Waals surface area contributed by atoms with Gasteiger partial charge in [0, 0.05) is 6.54 Å².